The van der Waals surface area contributed by atoms with E-state index in [2.05, 4.69) is 23.3 Å². The number of nitrogens with one attached hydrogen (secondary N) is 1. The molecule has 26 heavy (non-hydrogen) atoms. The van der Waals surface area contributed by atoms with E-state index in [1.54, 1.807) is 0 Å². The Balaban J connectivity index is 1.70. The molecule has 0 bridgehead atoms. The molecule has 4 nitrogen and oxygen atoms in total. The maximum atomic E-state index is 12.3. The molecule has 0 spiro atoms. The number of nitriles is 1. The molecule has 0 fully saturated rings. The van der Waals surface area contributed by atoms with Crippen LogP contribution in [0.15, 0.2) is 29.3 Å². The van der Waals surface area contributed by atoms with Crippen molar-refractivity contribution in [3.63, 3.8) is 0 Å². The van der Waals surface area contributed by atoms with Gasteiger partial charge in [0.05, 0.1) is 11.3 Å². The van der Waals surface area contributed by atoms with Crippen molar-refractivity contribution in [1.82, 2.24) is 4.98 Å². The third-order valence-electron chi connectivity index (χ3n) is 4.73. The van der Waals surface area contributed by atoms with Gasteiger partial charge in [-0.05, 0) is 67.9 Å². The Morgan fingerprint density at radius 1 is 1.38 bits per heavy atom. The van der Waals surface area contributed by atoms with Crippen molar-refractivity contribution in [1.29, 1.82) is 5.26 Å². The average Bonchev–Trinajstić information content (AvgIpc) is 2.62. The molecule has 1 aromatic carbocycles. The van der Waals surface area contributed by atoms with Crippen molar-refractivity contribution in [3.05, 3.63) is 52.2 Å². The molecule has 0 saturated carbocycles. The first-order valence-corrected chi connectivity index (χ1v) is 9.87. The van der Waals surface area contributed by atoms with E-state index >= 15 is 0 Å². The summed E-state index contributed by atoms with van der Waals surface area (Å²) in [7, 11) is 0. The molecule has 1 aliphatic carbocycles. The predicted molar refractivity (Wildman–Crippen MR) is 105 cm³/mol. The highest BCUT2D eigenvalue weighted by Gasteiger charge is 2.20. The predicted octanol–water partition coefficient (Wildman–Crippen LogP) is 4.43. The Labute approximate surface area is 159 Å². The van der Waals surface area contributed by atoms with E-state index in [1.165, 1.54) is 17.3 Å². The first-order valence-electron chi connectivity index (χ1n) is 8.89. The minimum absolute atomic E-state index is 0.0827. The van der Waals surface area contributed by atoms with E-state index in [4.69, 9.17) is 0 Å². The van der Waals surface area contributed by atoms with Crippen molar-refractivity contribution in [2.45, 2.75) is 45.1 Å². The quantitative estimate of drug-likeness (QED) is 0.814. The normalized spacial score (nSPS) is 15.8. The second-order valence-corrected chi connectivity index (χ2v) is 8.03. The molecule has 2 aromatic rings. The third kappa shape index (κ3) is 4.25. The molecule has 5 heteroatoms. The minimum atomic E-state index is -0.0827. The first-order chi connectivity index (χ1) is 12.5. The fourth-order valence-electron chi connectivity index (χ4n) is 3.21. The van der Waals surface area contributed by atoms with Crippen LogP contribution in [-0.2, 0) is 17.6 Å². The van der Waals surface area contributed by atoms with Crippen LogP contribution in [0.2, 0.25) is 0 Å². The van der Waals surface area contributed by atoms with Crippen molar-refractivity contribution in [2.75, 3.05) is 11.1 Å². The van der Waals surface area contributed by atoms with Crippen molar-refractivity contribution < 1.29 is 4.79 Å². The lowest BCUT2D eigenvalue weighted by Crippen LogP contribution is -2.16. The monoisotopic (exact) mass is 365 g/mol. The fraction of sp³-hybridized carbons (Fsp3) is 0.381. The molecule has 1 heterocycles. The number of aryl methyl sites for hydroxylation is 3. The number of fused-ring (bicyclic) bond motifs is 1. The lowest BCUT2D eigenvalue weighted by molar-refractivity contribution is -0.113. The van der Waals surface area contributed by atoms with E-state index in [9.17, 15) is 10.1 Å². The van der Waals surface area contributed by atoms with Crippen LogP contribution >= 0.6 is 11.8 Å². The summed E-state index contributed by atoms with van der Waals surface area (Å²) in [6, 6.07) is 10.2. The summed E-state index contributed by atoms with van der Waals surface area (Å²) in [5.41, 5.74) is 5.82. The number of hydrogen-bond acceptors (Lipinski definition) is 4. The highest BCUT2D eigenvalue weighted by atomic mass is 32.2. The zero-order chi connectivity index (χ0) is 18.7. The number of carbonyl (C=O) groups excluding carboxylic acids is 1. The van der Waals surface area contributed by atoms with Gasteiger partial charge in [-0.3, -0.25) is 4.79 Å². The highest BCUT2D eigenvalue weighted by Crippen LogP contribution is 2.29. The van der Waals surface area contributed by atoms with Gasteiger partial charge < -0.3 is 5.32 Å². The van der Waals surface area contributed by atoms with E-state index in [0.29, 0.717) is 16.5 Å². The van der Waals surface area contributed by atoms with Gasteiger partial charge in [-0.15, -0.1) is 0 Å². The number of benzene rings is 1. The van der Waals surface area contributed by atoms with Crippen LogP contribution in [0, 0.1) is 31.1 Å². The summed E-state index contributed by atoms with van der Waals surface area (Å²) in [6.07, 6.45) is 3.06. The number of amides is 1. The maximum Gasteiger partial charge on any atom is 0.234 e. The summed E-state index contributed by atoms with van der Waals surface area (Å²) in [5, 5.41) is 13.1. The molecule has 1 aromatic heterocycles. The molecular formula is C21H23N3OS. The number of thioether (sulfide) groups is 1. The second kappa shape index (κ2) is 7.92. The Bertz CT molecular complexity index is 886. The largest absolute Gasteiger partial charge is 0.325 e. The van der Waals surface area contributed by atoms with Gasteiger partial charge >= 0.3 is 0 Å². The number of carbonyl (C=O) groups is 1. The molecular weight excluding hydrogens is 342 g/mol. The van der Waals surface area contributed by atoms with Crippen molar-refractivity contribution in [3.8, 4) is 6.07 Å². The van der Waals surface area contributed by atoms with Gasteiger partial charge in [0.1, 0.15) is 11.1 Å². The van der Waals surface area contributed by atoms with Crippen LogP contribution in [0.25, 0.3) is 0 Å². The molecule has 1 atom stereocenters. The van der Waals surface area contributed by atoms with Gasteiger partial charge in [0.15, 0.2) is 0 Å². The number of hydrogen-bond donors (Lipinski definition) is 1. The zero-order valence-electron chi connectivity index (χ0n) is 15.4. The molecule has 134 valence electrons. The van der Waals surface area contributed by atoms with Crippen LogP contribution in [-0.4, -0.2) is 16.6 Å². The summed E-state index contributed by atoms with van der Waals surface area (Å²) >= 11 is 1.34. The molecule has 3 rings (SSSR count). The lowest BCUT2D eigenvalue weighted by Gasteiger charge is -2.21. The van der Waals surface area contributed by atoms with Crippen molar-refractivity contribution in [2.24, 2.45) is 5.92 Å². The zero-order valence-corrected chi connectivity index (χ0v) is 16.2. The van der Waals surface area contributed by atoms with E-state index < -0.39 is 0 Å². The molecule has 1 aliphatic rings. The van der Waals surface area contributed by atoms with Crippen LogP contribution in [0.3, 0.4) is 0 Å². The number of pyridine rings is 1. The Kier molecular flexibility index (Phi) is 5.63. The highest BCUT2D eigenvalue weighted by molar-refractivity contribution is 8.00. The summed E-state index contributed by atoms with van der Waals surface area (Å²) < 4.78 is 0. The number of rotatable bonds is 4. The van der Waals surface area contributed by atoms with Crippen LogP contribution < -0.4 is 5.32 Å². The molecule has 1 amide bonds. The standard InChI is InChI=1S/C21H23N3OS/c1-13-5-7-18-16(8-13)10-17(11-22)21(24-18)26-12-20(25)23-19-9-14(2)4-6-15(19)3/h4,6,9-10,13H,5,7-8,12H2,1-3H3,(H,23,25). The average molecular weight is 366 g/mol. The van der Waals surface area contributed by atoms with E-state index in [0.717, 1.165) is 41.8 Å². The lowest BCUT2D eigenvalue weighted by atomic mass is 9.87. The summed E-state index contributed by atoms with van der Waals surface area (Å²) in [5.74, 6) is 0.794. The van der Waals surface area contributed by atoms with Gasteiger partial charge in [0, 0.05) is 11.4 Å². The Morgan fingerprint density at radius 3 is 2.96 bits per heavy atom. The van der Waals surface area contributed by atoms with Gasteiger partial charge in [0.2, 0.25) is 5.91 Å². The van der Waals surface area contributed by atoms with E-state index in [-0.39, 0.29) is 11.7 Å². The second-order valence-electron chi connectivity index (χ2n) is 7.06. The van der Waals surface area contributed by atoms with Gasteiger partial charge in [-0.2, -0.15) is 5.26 Å². The van der Waals surface area contributed by atoms with Gasteiger partial charge in [0.25, 0.3) is 0 Å². The van der Waals surface area contributed by atoms with Gasteiger partial charge in [-0.1, -0.05) is 30.8 Å². The molecule has 1 unspecified atom stereocenters. The fourth-order valence-corrected chi connectivity index (χ4v) is 3.98. The van der Waals surface area contributed by atoms with E-state index in [1.807, 2.05) is 38.1 Å². The Hall–Kier alpha value is -2.32. The molecule has 1 N–H and O–H groups in total. The van der Waals surface area contributed by atoms with Crippen LogP contribution in [0.4, 0.5) is 5.69 Å². The number of anilines is 1. The van der Waals surface area contributed by atoms with Gasteiger partial charge in [-0.25, -0.2) is 4.98 Å². The summed E-state index contributed by atoms with van der Waals surface area (Å²) in [4.78, 5) is 17.0. The minimum Gasteiger partial charge on any atom is -0.325 e. The van der Waals surface area contributed by atoms with Crippen molar-refractivity contribution >= 4 is 23.4 Å². The Morgan fingerprint density at radius 2 is 2.19 bits per heavy atom. The first kappa shape index (κ1) is 18.5. The van der Waals surface area contributed by atoms with Crippen LogP contribution in [0.1, 0.15) is 41.3 Å². The maximum absolute atomic E-state index is 12.3. The smallest absolute Gasteiger partial charge is 0.234 e. The number of nitrogens with zero attached hydrogens (tertiary/aromatic N) is 2. The summed E-state index contributed by atoms with van der Waals surface area (Å²) in [6.45, 7) is 6.21. The number of aromatic nitrogens is 1. The molecule has 0 saturated heterocycles. The molecule has 0 radical (unpaired) electrons. The SMILES string of the molecule is Cc1ccc(C)c(NC(=O)CSc2nc3c(cc2C#N)CC(C)CC3)c1. The third-order valence-corrected chi connectivity index (χ3v) is 5.72. The topological polar surface area (TPSA) is 65.8 Å². The molecule has 0 aliphatic heterocycles. The van der Waals surface area contributed by atoms with Crippen LogP contribution in [0.5, 0.6) is 0 Å².